The summed E-state index contributed by atoms with van der Waals surface area (Å²) in [7, 11) is 1.54. The molecule has 2 aromatic carbocycles. The molecule has 1 heterocycles. The van der Waals surface area contributed by atoms with E-state index in [1.165, 1.54) is 7.11 Å². The van der Waals surface area contributed by atoms with Crippen LogP contribution in [0.5, 0.6) is 11.5 Å². The van der Waals surface area contributed by atoms with Crippen LogP contribution in [-0.2, 0) is 0 Å². The number of hydrogen-bond donors (Lipinski definition) is 1. The molecule has 0 fully saturated rings. The van der Waals surface area contributed by atoms with Gasteiger partial charge in [-0.15, -0.1) is 0 Å². The summed E-state index contributed by atoms with van der Waals surface area (Å²) in [6.45, 7) is 0. The number of para-hydroxylation sites is 2. The summed E-state index contributed by atoms with van der Waals surface area (Å²) < 4.78 is 6.94. The largest absolute Gasteiger partial charge is 0.504 e. The first-order valence-electron chi connectivity index (χ1n) is 6.27. The van der Waals surface area contributed by atoms with E-state index in [0.717, 1.165) is 11.4 Å². The molecule has 1 aromatic heterocycles. The zero-order chi connectivity index (χ0) is 13.9. The molecular formula is C16H14N2O2. The quantitative estimate of drug-likeness (QED) is 0.791. The first-order valence-corrected chi connectivity index (χ1v) is 6.27. The highest BCUT2D eigenvalue weighted by atomic mass is 16.5. The summed E-state index contributed by atoms with van der Waals surface area (Å²) in [5.41, 5.74) is 2.44. The summed E-state index contributed by atoms with van der Waals surface area (Å²) in [6, 6.07) is 17.1. The second kappa shape index (κ2) is 5.09. The minimum atomic E-state index is 0.118. The number of phenolic OH excluding ortho intramolecular Hbond substituents is 1. The van der Waals surface area contributed by atoms with Gasteiger partial charge in [0.25, 0.3) is 0 Å². The lowest BCUT2D eigenvalue weighted by Gasteiger charge is -2.11. The van der Waals surface area contributed by atoms with Crippen molar-refractivity contribution in [2.45, 2.75) is 0 Å². The summed E-state index contributed by atoms with van der Waals surface area (Å²) in [5, 5.41) is 14.6. The Labute approximate surface area is 116 Å². The third-order valence-corrected chi connectivity index (χ3v) is 3.14. The van der Waals surface area contributed by atoms with Gasteiger partial charge in [0.2, 0.25) is 0 Å². The Hall–Kier alpha value is -2.75. The summed E-state index contributed by atoms with van der Waals surface area (Å²) in [5.74, 6) is 0.566. The van der Waals surface area contributed by atoms with Crippen molar-refractivity contribution < 1.29 is 9.84 Å². The zero-order valence-electron chi connectivity index (χ0n) is 11.0. The Balaban J connectivity index is 2.16. The van der Waals surface area contributed by atoms with Crippen LogP contribution in [0.3, 0.4) is 0 Å². The van der Waals surface area contributed by atoms with E-state index in [0.29, 0.717) is 11.3 Å². The molecule has 1 N–H and O–H groups in total. The van der Waals surface area contributed by atoms with Crippen LogP contribution in [0.2, 0.25) is 0 Å². The van der Waals surface area contributed by atoms with Crippen molar-refractivity contribution in [1.29, 1.82) is 0 Å². The molecular weight excluding hydrogens is 252 g/mol. The van der Waals surface area contributed by atoms with Crippen molar-refractivity contribution in [3.63, 3.8) is 0 Å². The van der Waals surface area contributed by atoms with Crippen molar-refractivity contribution in [2.75, 3.05) is 7.11 Å². The van der Waals surface area contributed by atoms with Crippen LogP contribution in [-0.4, -0.2) is 22.0 Å². The second-order valence-corrected chi connectivity index (χ2v) is 4.32. The first-order chi connectivity index (χ1) is 9.81. The highest BCUT2D eigenvalue weighted by molar-refractivity contribution is 5.72. The second-order valence-electron chi connectivity index (χ2n) is 4.32. The zero-order valence-corrected chi connectivity index (χ0v) is 11.0. The van der Waals surface area contributed by atoms with E-state index in [4.69, 9.17) is 4.74 Å². The van der Waals surface area contributed by atoms with Gasteiger partial charge in [0, 0.05) is 5.56 Å². The van der Waals surface area contributed by atoms with E-state index in [9.17, 15) is 5.11 Å². The Bertz CT molecular complexity index is 720. The number of benzene rings is 2. The van der Waals surface area contributed by atoms with E-state index in [1.54, 1.807) is 16.9 Å². The lowest BCUT2D eigenvalue weighted by atomic mass is 10.1. The van der Waals surface area contributed by atoms with Gasteiger partial charge in [0.05, 0.1) is 24.7 Å². The van der Waals surface area contributed by atoms with Crippen LogP contribution in [0.15, 0.2) is 60.8 Å². The standard InChI is InChI=1S/C16H14N2O2/c1-20-15-9-5-8-13(16(15)19)14-10-11-17-18(14)12-6-3-2-4-7-12/h2-11,19H,1H3. The fourth-order valence-electron chi connectivity index (χ4n) is 2.18. The molecule has 100 valence electrons. The average molecular weight is 266 g/mol. The van der Waals surface area contributed by atoms with Gasteiger partial charge in [-0.25, -0.2) is 4.68 Å². The number of methoxy groups -OCH3 is 1. The van der Waals surface area contributed by atoms with Crippen molar-refractivity contribution >= 4 is 0 Å². The molecule has 0 amide bonds. The molecule has 0 unspecified atom stereocenters. The Morgan fingerprint density at radius 2 is 1.80 bits per heavy atom. The molecule has 3 aromatic rings. The normalized spacial score (nSPS) is 10.4. The summed E-state index contributed by atoms with van der Waals surface area (Å²) in [6.07, 6.45) is 1.71. The Morgan fingerprint density at radius 1 is 1.00 bits per heavy atom. The Morgan fingerprint density at radius 3 is 2.55 bits per heavy atom. The van der Waals surface area contributed by atoms with Crippen LogP contribution in [0.4, 0.5) is 0 Å². The topological polar surface area (TPSA) is 47.3 Å². The first kappa shape index (κ1) is 12.3. The van der Waals surface area contributed by atoms with Gasteiger partial charge in [-0.1, -0.05) is 24.3 Å². The molecule has 0 spiro atoms. The fourth-order valence-corrected chi connectivity index (χ4v) is 2.18. The maximum absolute atomic E-state index is 10.3. The van der Waals surface area contributed by atoms with Gasteiger partial charge in [-0.3, -0.25) is 0 Å². The predicted molar refractivity (Wildman–Crippen MR) is 77.2 cm³/mol. The molecule has 0 saturated carbocycles. The monoisotopic (exact) mass is 266 g/mol. The van der Waals surface area contributed by atoms with Crippen LogP contribution < -0.4 is 4.74 Å². The van der Waals surface area contributed by atoms with E-state index < -0.39 is 0 Å². The molecule has 0 saturated heterocycles. The molecule has 0 bridgehead atoms. The molecule has 4 nitrogen and oxygen atoms in total. The van der Waals surface area contributed by atoms with Gasteiger partial charge in [0.1, 0.15) is 0 Å². The van der Waals surface area contributed by atoms with Crippen molar-refractivity contribution in [2.24, 2.45) is 0 Å². The maximum Gasteiger partial charge on any atom is 0.167 e. The molecule has 4 heteroatoms. The molecule has 20 heavy (non-hydrogen) atoms. The van der Waals surface area contributed by atoms with Crippen LogP contribution >= 0.6 is 0 Å². The lowest BCUT2D eigenvalue weighted by molar-refractivity contribution is 0.374. The smallest absolute Gasteiger partial charge is 0.167 e. The Kier molecular flexibility index (Phi) is 3.13. The van der Waals surface area contributed by atoms with Crippen molar-refractivity contribution in [1.82, 2.24) is 9.78 Å². The van der Waals surface area contributed by atoms with Crippen LogP contribution in [0.1, 0.15) is 0 Å². The van der Waals surface area contributed by atoms with E-state index >= 15 is 0 Å². The van der Waals surface area contributed by atoms with Crippen molar-refractivity contribution in [3.8, 4) is 28.4 Å². The number of nitrogens with zero attached hydrogens (tertiary/aromatic N) is 2. The number of rotatable bonds is 3. The highest BCUT2D eigenvalue weighted by Crippen LogP contribution is 2.37. The maximum atomic E-state index is 10.3. The number of hydrogen-bond acceptors (Lipinski definition) is 3. The SMILES string of the molecule is COc1cccc(-c2ccnn2-c2ccccc2)c1O. The van der Waals surface area contributed by atoms with Gasteiger partial charge in [-0.2, -0.15) is 5.10 Å². The lowest BCUT2D eigenvalue weighted by Crippen LogP contribution is -1.98. The highest BCUT2D eigenvalue weighted by Gasteiger charge is 2.14. The molecule has 0 atom stereocenters. The number of aromatic nitrogens is 2. The average Bonchev–Trinajstić information content (AvgIpc) is 2.97. The van der Waals surface area contributed by atoms with Crippen LogP contribution in [0.25, 0.3) is 16.9 Å². The van der Waals surface area contributed by atoms with E-state index in [1.807, 2.05) is 48.5 Å². The molecule has 0 radical (unpaired) electrons. The van der Waals surface area contributed by atoms with Gasteiger partial charge in [0.15, 0.2) is 11.5 Å². The molecule has 3 rings (SSSR count). The summed E-state index contributed by atoms with van der Waals surface area (Å²) in [4.78, 5) is 0. The molecule has 0 aliphatic carbocycles. The number of phenols is 1. The van der Waals surface area contributed by atoms with E-state index in [2.05, 4.69) is 5.10 Å². The summed E-state index contributed by atoms with van der Waals surface area (Å²) >= 11 is 0. The van der Waals surface area contributed by atoms with E-state index in [-0.39, 0.29) is 5.75 Å². The van der Waals surface area contributed by atoms with Gasteiger partial charge in [-0.05, 0) is 30.3 Å². The number of aromatic hydroxyl groups is 1. The number of ether oxygens (including phenoxy) is 1. The predicted octanol–water partition coefficient (Wildman–Crippen LogP) is 3.25. The third-order valence-electron chi connectivity index (χ3n) is 3.14. The minimum absolute atomic E-state index is 0.118. The van der Waals surface area contributed by atoms with Crippen molar-refractivity contribution in [3.05, 3.63) is 60.8 Å². The molecule has 0 aliphatic heterocycles. The third kappa shape index (κ3) is 2.01. The minimum Gasteiger partial charge on any atom is -0.504 e. The fraction of sp³-hybridized carbons (Fsp3) is 0.0625. The van der Waals surface area contributed by atoms with Crippen LogP contribution in [0, 0.1) is 0 Å². The molecule has 0 aliphatic rings. The van der Waals surface area contributed by atoms with Gasteiger partial charge >= 0.3 is 0 Å². The van der Waals surface area contributed by atoms with Gasteiger partial charge < -0.3 is 9.84 Å².